The molecular formula is C26H25ClN2O7. The van der Waals surface area contributed by atoms with Crippen molar-refractivity contribution in [2.75, 3.05) is 27.4 Å². The largest absolute Gasteiger partial charge is 0.493 e. The number of carbonyl (C=O) groups is 3. The molecule has 9 nitrogen and oxygen atoms in total. The first-order valence-corrected chi connectivity index (χ1v) is 11.3. The molecule has 2 aromatic carbocycles. The lowest BCUT2D eigenvalue weighted by Crippen LogP contribution is -2.53. The Morgan fingerprint density at radius 1 is 1.06 bits per heavy atom. The van der Waals surface area contributed by atoms with Gasteiger partial charge in [0.25, 0.3) is 11.8 Å². The second-order valence-corrected chi connectivity index (χ2v) is 7.98. The van der Waals surface area contributed by atoms with Gasteiger partial charge in [0.15, 0.2) is 23.0 Å². The minimum Gasteiger partial charge on any atom is -0.493 e. The molecule has 1 fully saturated rings. The monoisotopic (exact) mass is 512 g/mol. The van der Waals surface area contributed by atoms with Gasteiger partial charge in [-0.25, -0.2) is 4.79 Å². The highest BCUT2D eigenvalue weighted by Crippen LogP contribution is 2.37. The minimum atomic E-state index is -0.832. The molecule has 0 aromatic heterocycles. The average Bonchev–Trinajstić information content (AvgIpc) is 2.87. The van der Waals surface area contributed by atoms with Gasteiger partial charge in [-0.3, -0.25) is 19.8 Å². The van der Waals surface area contributed by atoms with Crippen molar-refractivity contribution in [1.82, 2.24) is 10.2 Å². The first kappa shape index (κ1) is 26.4. The first-order valence-electron chi connectivity index (χ1n) is 10.9. The number of halogens is 1. The summed E-state index contributed by atoms with van der Waals surface area (Å²) in [6, 6.07) is 7.28. The van der Waals surface area contributed by atoms with Gasteiger partial charge in [0.1, 0.15) is 12.2 Å². The van der Waals surface area contributed by atoms with E-state index >= 15 is 0 Å². The smallest absolute Gasteiger partial charge is 0.331 e. The van der Waals surface area contributed by atoms with Crippen molar-refractivity contribution in [2.24, 2.45) is 0 Å². The number of hydrogen-bond donors (Lipinski definition) is 1. The molecule has 1 N–H and O–H groups in total. The second-order valence-electron chi connectivity index (χ2n) is 7.57. The van der Waals surface area contributed by atoms with Gasteiger partial charge in [0.05, 0.1) is 32.4 Å². The van der Waals surface area contributed by atoms with Crippen molar-refractivity contribution >= 4 is 35.5 Å². The van der Waals surface area contributed by atoms with Crippen molar-refractivity contribution in [1.29, 1.82) is 0 Å². The predicted octanol–water partition coefficient (Wildman–Crippen LogP) is 3.82. The van der Waals surface area contributed by atoms with Crippen LogP contribution in [0.15, 0.2) is 35.9 Å². The van der Waals surface area contributed by atoms with E-state index in [1.807, 2.05) is 6.92 Å². The van der Waals surface area contributed by atoms with Crippen LogP contribution in [0.2, 0.25) is 5.02 Å². The quantitative estimate of drug-likeness (QED) is 0.293. The van der Waals surface area contributed by atoms with Crippen molar-refractivity contribution in [3.8, 4) is 35.3 Å². The number of benzene rings is 2. The molecule has 36 heavy (non-hydrogen) atoms. The Morgan fingerprint density at radius 2 is 1.81 bits per heavy atom. The van der Waals surface area contributed by atoms with Crippen LogP contribution in [-0.4, -0.2) is 50.2 Å². The fourth-order valence-electron chi connectivity index (χ4n) is 3.41. The lowest BCUT2D eigenvalue weighted by Gasteiger charge is -2.26. The number of nitrogens with zero attached hydrogens (tertiary/aromatic N) is 1. The zero-order chi connectivity index (χ0) is 26.2. The minimum absolute atomic E-state index is 0.0228. The number of ether oxygens (including phenoxy) is 4. The summed E-state index contributed by atoms with van der Waals surface area (Å²) in [4.78, 5) is 39.1. The number of hydrogen-bond acceptors (Lipinski definition) is 7. The molecule has 0 saturated carbocycles. The first-order chi connectivity index (χ1) is 17.3. The summed E-state index contributed by atoms with van der Waals surface area (Å²) in [6.07, 6.45) is 7.37. The third-order valence-electron chi connectivity index (χ3n) is 5.08. The van der Waals surface area contributed by atoms with Gasteiger partial charge in [0.2, 0.25) is 0 Å². The molecule has 1 aliphatic heterocycles. The molecule has 0 unspecified atom stereocenters. The van der Waals surface area contributed by atoms with E-state index in [0.29, 0.717) is 29.2 Å². The number of barbiturate groups is 1. The van der Waals surface area contributed by atoms with Crippen LogP contribution in [0.5, 0.6) is 23.0 Å². The summed E-state index contributed by atoms with van der Waals surface area (Å²) < 4.78 is 21.7. The lowest BCUT2D eigenvalue weighted by molar-refractivity contribution is -0.130. The molecule has 0 aliphatic carbocycles. The normalized spacial score (nSPS) is 14.4. The van der Waals surface area contributed by atoms with E-state index in [0.717, 1.165) is 11.3 Å². The molecule has 0 spiro atoms. The molecule has 3 rings (SSSR count). The zero-order valence-corrected chi connectivity index (χ0v) is 20.8. The summed E-state index contributed by atoms with van der Waals surface area (Å²) in [5.41, 5.74) is 0.740. The van der Waals surface area contributed by atoms with E-state index in [4.69, 9.17) is 37.0 Å². The zero-order valence-electron chi connectivity index (χ0n) is 20.1. The van der Waals surface area contributed by atoms with E-state index in [9.17, 15) is 14.4 Å². The van der Waals surface area contributed by atoms with Gasteiger partial charge >= 0.3 is 6.03 Å². The molecule has 2 aromatic rings. The number of methoxy groups -OCH3 is 2. The fraction of sp³-hybridized carbons (Fsp3) is 0.269. The third kappa shape index (κ3) is 5.90. The fourth-order valence-corrected chi connectivity index (χ4v) is 3.68. The maximum atomic E-state index is 13.2. The van der Waals surface area contributed by atoms with Crippen LogP contribution in [0.25, 0.3) is 6.08 Å². The lowest BCUT2D eigenvalue weighted by atomic mass is 10.1. The van der Waals surface area contributed by atoms with Crippen molar-refractivity contribution < 1.29 is 33.3 Å². The van der Waals surface area contributed by atoms with Gasteiger partial charge in [-0.15, -0.1) is 6.42 Å². The number of rotatable bonds is 10. The van der Waals surface area contributed by atoms with Crippen molar-refractivity contribution in [3.63, 3.8) is 0 Å². The van der Waals surface area contributed by atoms with Crippen molar-refractivity contribution in [3.05, 3.63) is 52.1 Å². The van der Waals surface area contributed by atoms with Crippen LogP contribution >= 0.6 is 11.6 Å². The second kappa shape index (κ2) is 12.0. The van der Waals surface area contributed by atoms with Gasteiger partial charge in [-0.1, -0.05) is 30.5 Å². The predicted molar refractivity (Wildman–Crippen MR) is 133 cm³/mol. The van der Waals surface area contributed by atoms with Gasteiger partial charge in [-0.05, 0) is 47.9 Å². The van der Waals surface area contributed by atoms with Gasteiger partial charge in [0, 0.05) is 0 Å². The van der Waals surface area contributed by atoms with Crippen LogP contribution in [-0.2, 0) is 16.1 Å². The molecule has 1 aliphatic rings. The van der Waals surface area contributed by atoms with Crippen LogP contribution in [0.3, 0.4) is 0 Å². The number of nitrogens with one attached hydrogen (secondary N) is 1. The van der Waals surface area contributed by atoms with E-state index < -0.39 is 17.8 Å². The number of imide groups is 2. The highest BCUT2D eigenvalue weighted by molar-refractivity contribution is 6.33. The molecule has 4 amide bonds. The Morgan fingerprint density at radius 3 is 2.47 bits per heavy atom. The van der Waals surface area contributed by atoms with Crippen LogP contribution in [0, 0.1) is 12.3 Å². The molecular weight excluding hydrogens is 488 g/mol. The Bertz CT molecular complexity index is 1250. The van der Waals surface area contributed by atoms with E-state index in [2.05, 4.69) is 11.2 Å². The number of terminal acetylenes is 1. The maximum Gasteiger partial charge on any atom is 0.331 e. The van der Waals surface area contributed by atoms with Gasteiger partial charge < -0.3 is 18.9 Å². The standard InChI is InChI=1S/C26H25ClN2O7/c1-5-9-35-20-8-7-16(13-21(20)33-3)15-29-25(31)18(24(30)28-26(29)32)11-17-12-19(27)23(36-10-6-2)22(14-17)34-4/h2,7-8,11-14H,5,9-10,15H2,1,3-4H3,(H,28,30,32)/b18-11+. The number of urea groups is 1. The molecule has 188 valence electrons. The summed E-state index contributed by atoms with van der Waals surface area (Å²) in [5, 5.41) is 2.36. The van der Waals surface area contributed by atoms with Gasteiger partial charge in [-0.2, -0.15) is 0 Å². The Hall–Kier alpha value is -4.16. The summed E-state index contributed by atoms with van der Waals surface area (Å²) in [7, 11) is 2.91. The maximum absolute atomic E-state index is 13.2. The average molecular weight is 513 g/mol. The molecule has 0 radical (unpaired) electrons. The summed E-state index contributed by atoms with van der Waals surface area (Å²) >= 11 is 6.30. The number of carbonyl (C=O) groups excluding carboxylic acids is 3. The molecule has 0 atom stereocenters. The molecule has 10 heteroatoms. The highest BCUT2D eigenvalue weighted by atomic mass is 35.5. The molecule has 1 saturated heterocycles. The van der Waals surface area contributed by atoms with Crippen LogP contribution in [0.4, 0.5) is 4.79 Å². The Kier molecular flexibility index (Phi) is 8.81. The van der Waals surface area contributed by atoms with Crippen LogP contribution in [0.1, 0.15) is 24.5 Å². The molecule has 0 bridgehead atoms. The summed E-state index contributed by atoms with van der Waals surface area (Å²) in [5.74, 6) is 2.25. The van der Waals surface area contributed by atoms with E-state index in [1.54, 1.807) is 18.2 Å². The topological polar surface area (TPSA) is 103 Å². The Balaban J connectivity index is 1.90. The third-order valence-corrected chi connectivity index (χ3v) is 5.36. The molecule has 1 heterocycles. The Labute approximate surface area is 213 Å². The van der Waals surface area contributed by atoms with Crippen molar-refractivity contribution in [2.45, 2.75) is 19.9 Å². The highest BCUT2D eigenvalue weighted by Gasteiger charge is 2.36. The van der Waals surface area contributed by atoms with Crippen LogP contribution < -0.4 is 24.3 Å². The number of amides is 4. The van der Waals surface area contributed by atoms with E-state index in [-0.39, 0.29) is 35.2 Å². The summed E-state index contributed by atoms with van der Waals surface area (Å²) in [6.45, 7) is 2.39. The van der Waals surface area contributed by atoms with E-state index in [1.165, 1.54) is 32.4 Å². The SMILES string of the molecule is C#CCOc1c(Cl)cc(/C=C2\C(=O)NC(=O)N(Cc3ccc(OCCC)c(OC)c3)C2=O)cc1OC.